The van der Waals surface area contributed by atoms with Crippen LogP contribution in [-0.2, 0) is 14.3 Å². The molecule has 120 valence electrons. The molecule has 0 radical (unpaired) electrons. The number of carbonyl (C=O) groups excluding carboxylic acids is 2. The van der Waals surface area contributed by atoms with Gasteiger partial charge in [0.2, 0.25) is 11.8 Å². The summed E-state index contributed by atoms with van der Waals surface area (Å²) in [4.78, 5) is 26.0. The Morgan fingerprint density at radius 2 is 2.27 bits per heavy atom. The van der Waals surface area contributed by atoms with Crippen LogP contribution in [0.25, 0.3) is 0 Å². The smallest absolute Gasteiger partial charge is 0.229 e. The van der Waals surface area contributed by atoms with Gasteiger partial charge in [-0.25, -0.2) is 0 Å². The first-order valence-corrected chi connectivity index (χ1v) is 8.14. The first-order chi connectivity index (χ1) is 10.5. The molecule has 0 aromatic heterocycles. The fourth-order valence-electron chi connectivity index (χ4n) is 2.52. The Balaban J connectivity index is 1.92. The van der Waals surface area contributed by atoms with Gasteiger partial charge >= 0.3 is 0 Å². The molecule has 0 bridgehead atoms. The maximum atomic E-state index is 12.3. The van der Waals surface area contributed by atoms with Crippen LogP contribution in [0.15, 0.2) is 22.7 Å². The highest BCUT2D eigenvalue weighted by Crippen LogP contribution is 2.25. The van der Waals surface area contributed by atoms with E-state index in [0.717, 1.165) is 22.1 Å². The lowest BCUT2D eigenvalue weighted by atomic mass is 10.1. The van der Waals surface area contributed by atoms with Gasteiger partial charge in [-0.05, 0) is 47.0 Å². The van der Waals surface area contributed by atoms with E-state index in [0.29, 0.717) is 19.7 Å². The van der Waals surface area contributed by atoms with Gasteiger partial charge in [-0.3, -0.25) is 9.59 Å². The number of nitrogens with one attached hydrogen (secondary N) is 1. The Morgan fingerprint density at radius 1 is 1.50 bits per heavy atom. The number of hydrogen-bond donors (Lipinski definition) is 1. The molecule has 1 atom stereocenters. The number of halogens is 1. The molecule has 1 aromatic rings. The van der Waals surface area contributed by atoms with Gasteiger partial charge in [-0.2, -0.15) is 0 Å². The molecule has 5 nitrogen and oxygen atoms in total. The van der Waals surface area contributed by atoms with Crippen molar-refractivity contribution in [2.24, 2.45) is 5.92 Å². The van der Waals surface area contributed by atoms with E-state index in [1.54, 1.807) is 12.0 Å². The number of nitrogens with zero attached hydrogens (tertiary/aromatic N) is 1. The number of aryl methyl sites for hydroxylation is 1. The predicted molar refractivity (Wildman–Crippen MR) is 88.7 cm³/mol. The maximum absolute atomic E-state index is 12.3. The minimum Gasteiger partial charge on any atom is -0.385 e. The van der Waals surface area contributed by atoms with Gasteiger partial charge in [0.25, 0.3) is 0 Å². The average Bonchev–Trinajstić information content (AvgIpc) is 2.84. The molecule has 1 N–H and O–H groups in total. The molecular formula is C16H21BrN2O3. The van der Waals surface area contributed by atoms with Crippen molar-refractivity contribution in [3.8, 4) is 0 Å². The lowest BCUT2D eigenvalue weighted by Gasteiger charge is -2.16. The van der Waals surface area contributed by atoms with Gasteiger partial charge in [-0.1, -0.05) is 6.07 Å². The van der Waals surface area contributed by atoms with Crippen LogP contribution >= 0.6 is 15.9 Å². The summed E-state index contributed by atoms with van der Waals surface area (Å²) in [5.74, 6) is -0.352. The summed E-state index contributed by atoms with van der Waals surface area (Å²) in [5.41, 5.74) is 1.85. The largest absolute Gasteiger partial charge is 0.385 e. The van der Waals surface area contributed by atoms with Crippen molar-refractivity contribution in [3.05, 3.63) is 28.2 Å². The molecule has 1 saturated heterocycles. The van der Waals surface area contributed by atoms with E-state index in [2.05, 4.69) is 21.2 Å². The van der Waals surface area contributed by atoms with Crippen molar-refractivity contribution in [1.29, 1.82) is 0 Å². The average molecular weight is 369 g/mol. The SMILES string of the molecule is COCCCN1CC(C(=O)Nc2ccc(C)cc2Br)CC1=O. The Hall–Kier alpha value is -1.40. The van der Waals surface area contributed by atoms with Crippen molar-refractivity contribution < 1.29 is 14.3 Å². The Labute approximate surface area is 139 Å². The first-order valence-electron chi connectivity index (χ1n) is 7.35. The van der Waals surface area contributed by atoms with Crippen LogP contribution in [0.2, 0.25) is 0 Å². The van der Waals surface area contributed by atoms with Crippen LogP contribution < -0.4 is 5.32 Å². The van der Waals surface area contributed by atoms with Gasteiger partial charge in [0.1, 0.15) is 0 Å². The zero-order chi connectivity index (χ0) is 16.1. The summed E-state index contributed by atoms with van der Waals surface area (Å²) in [5, 5.41) is 2.90. The summed E-state index contributed by atoms with van der Waals surface area (Å²) in [7, 11) is 1.64. The van der Waals surface area contributed by atoms with Crippen molar-refractivity contribution >= 4 is 33.4 Å². The molecule has 0 spiro atoms. The molecule has 1 aromatic carbocycles. The maximum Gasteiger partial charge on any atom is 0.229 e. The molecule has 2 rings (SSSR count). The van der Waals surface area contributed by atoms with Crippen LogP contribution in [0.4, 0.5) is 5.69 Å². The quantitative estimate of drug-likeness (QED) is 0.785. The van der Waals surface area contributed by atoms with Gasteiger partial charge in [-0.15, -0.1) is 0 Å². The number of ether oxygens (including phenoxy) is 1. The standard InChI is InChI=1S/C16H21BrN2O3/c1-11-4-5-14(13(17)8-11)18-16(21)12-9-15(20)19(10-12)6-3-7-22-2/h4-5,8,12H,3,6-7,9-10H2,1-2H3,(H,18,21). The van der Waals surface area contributed by atoms with Gasteiger partial charge < -0.3 is 15.0 Å². The number of methoxy groups -OCH3 is 1. The second kappa shape index (κ2) is 7.74. The molecule has 2 amide bonds. The minimum atomic E-state index is -0.289. The number of anilines is 1. The zero-order valence-corrected chi connectivity index (χ0v) is 14.5. The summed E-state index contributed by atoms with van der Waals surface area (Å²) in [6.07, 6.45) is 1.07. The summed E-state index contributed by atoms with van der Waals surface area (Å²) in [6.45, 7) is 3.74. The van der Waals surface area contributed by atoms with E-state index in [1.165, 1.54) is 0 Å². The zero-order valence-electron chi connectivity index (χ0n) is 12.9. The van der Waals surface area contributed by atoms with Crippen LogP contribution in [0, 0.1) is 12.8 Å². The van der Waals surface area contributed by atoms with Crippen LogP contribution in [-0.4, -0.2) is 43.5 Å². The topological polar surface area (TPSA) is 58.6 Å². The molecule has 1 unspecified atom stereocenters. The highest BCUT2D eigenvalue weighted by Gasteiger charge is 2.34. The molecule has 1 aliphatic rings. The Kier molecular flexibility index (Phi) is 5.97. The van der Waals surface area contributed by atoms with Crippen molar-refractivity contribution in [1.82, 2.24) is 4.90 Å². The molecule has 0 saturated carbocycles. The number of benzene rings is 1. The second-order valence-electron chi connectivity index (χ2n) is 5.56. The second-order valence-corrected chi connectivity index (χ2v) is 6.41. The molecule has 6 heteroatoms. The lowest BCUT2D eigenvalue weighted by Crippen LogP contribution is -2.29. The fourth-order valence-corrected chi connectivity index (χ4v) is 3.11. The number of amides is 2. The Bertz CT molecular complexity index is 562. The highest BCUT2D eigenvalue weighted by atomic mass is 79.9. The van der Waals surface area contributed by atoms with E-state index in [-0.39, 0.29) is 24.2 Å². The van der Waals surface area contributed by atoms with Crippen LogP contribution in [0.3, 0.4) is 0 Å². The molecule has 22 heavy (non-hydrogen) atoms. The van der Waals surface area contributed by atoms with Gasteiger partial charge in [0.05, 0.1) is 11.6 Å². The molecule has 0 aliphatic carbocycles. The monoisotopic (exact) mass is 368 g/mol. The molecule has 1 heterocycles. The number of carbonyl (C=O) groups is 2. The van der Waals surface area contributed by atoms with Crippen LogP contribution in [0.5, 0.6) is 0 Å². The number of likely N-dealkylation sites (tertiary alicyclic amines) is 1. The third kappa shape index (κ3) is 4.30. The van der Waals surface area contributed by atoms with E-state index >= 15 is 0 Å². The summed E-state index contributed by atoms with van der Waals surface area (Å²) < 4.78 is 5.84. The minimum absolute atomic E-state index is 0.0409. The third-order valence-corrected chi connectivity index (χ3v) is 4.40. The third-order valence-electron chi connectivity index (χ3n) is 3.74. The van der Waals surface area contributed by atoms with E-state index in [1.807, 2.05) is 25.1 Å². The molecular weight excluding hydrogens is 348 g/mol. The normalized spacial score (nSPS) is 17.9. The molecule has 1 fully saturated rings. The summed E-state index contributed by atoms with van der Waals surface area (Å²) >= 11 is 3.44. The van der Waals surface area contributed by atoms with Crippen molar-refractivity contribution in [3.63, 3.8) is 0 Å². The fraction of sp³-hybridized carbons (Fsp3) is 0.500. The number of rotatable bonds is 6. The van der Waals surface area contributed by atoms with Crippen molar-refractivity contribution in [2.45, 2.75) is 19.8 Å². The number of hydrogen-bond acceptors (Lipinski definition) is 3. The van der Waals surface area contributed by atoms with Gasteiger partial charge in [0.15, 0.2) is 0 Å². The summed E-state index contributed by atoms with van der Waals surface area (Å²) in [6, 6.07) is 5.76. The van der Waals surface area contributed by atoms with E-state index in [4.69, 9.17) is 4.74 Å². The lowest BCUT2D eigenvalue weighted by molar-refractivity contribution is -0.128. The van der Waals surface area contributed by atoms with Crippen molar-refractivity contribution in [2.75, 3.05) is 32.1 Å². The first kappa shape index (κ1) is 17.0. The van der Waals surface area contributed by atoms with E-state index < -0.39 is 0 Å². The molecule has 1 aliphatic heterocycles. The predicted octanol–water partition coefficient (Wildman–Crippen LogP) is 2.58. The van der Waals surface area contributed by atoms with Gasteiger partial charge in [0, 0.05) is 37.7 Å². The van der Waals surface area contributed by atoms with Crippen LogP contribution in [0.1, 0.15) is 18.4 Å². The Morgan fingerprint density at radius 3 is 2.95 bits per heavy atom. The highest BCUT2D eigenvalue weighted by molar-refractivity contribution is 9.10. The van der Waals surface area contributed by atoms with E-state index in [9.17, 15) is 9.59 Å².